The van der Waals surface area contributed by atoms with Gasteiger partial charge in [0, 0.05) is 6.42 Å². The fraction of sp³-hybridized carbons (Fsp3) is 1.00. The highest BCUT2D eigenvalue weighted by atomic mass is 32.2. The van der Waals surface area contributed by atoms with Crippen molar-refractivity contribution in [1.82, 2.24) is 0 Å². The topological polar surface area (TPSA) is 86.7 Å². The second kappa shape index (κ2) is 8.18. The molecule has 8 heteroatoms. The third-order valence-electron chi connectivity index (χ3n) is 2.19. The van der Waals surface area contributed by atoms with E-state index in [0.29, 0.717) is 12.8 Å². The molecule has 0 aliphatic carbocycles. The highest BCUT2D eigenvalue weighted by molar-refractivity contribution is 7.87. The molecule has 0 aromatic carbocycles. The molecule has 0 fully saturated rings. The molecule has 0 saturated heterocycles. The zero-order valence-corrected chi connectivity index (χ0v) is 13.6. The number of rotatable bonds is 10. The summed E-state index contributed by atoms with van der Waals surface area (Å²) in [6.45, 7) is 6.66. The normalized spacial score (nSPS) is 16.2. The Kier molecular flexibility index (Phi) is 8.11. The van der Waals surface area contributed by atoms with Crippen LogP contribution in [0, 0.1) is 0 Å². The second-order valence-corrected chi connectivity index (χ2v) is 8.01. The lowest BCUT2D eigenvalue weighted by atomic mass is 10.2. The first-order valence-corrected chi connectivity index (χ1v) is 9.59. The Balaban J connectivity index is 4.31. The van der Waals surface area contributed by atoms with E-state index in [1.165, 1.54) is 0 Å². The summed E-state index contributed by atoms with van der Waals surface area (Å²) in [7, 11) is -7.07. The Morgan fingerprint density at radius 3 is 1.37 bits per heavy atom. The maximum Gasteiger partial charge on any atom is 0.267 e. The molecule has 0 N–H and O–H groups in total. The van der Waals surface area contributed by atoms with Crippen molar-refractivity contribution in [2.24, 2.45) is 0 Å². The first-order valence-electron chi connectivity index (χ1n) is 6.43. The van der Waals surface area contributed by atoms with Crippen molar-refractivity contribution < 1.29 is 25.2 Å². The lowest BCUT2D eigenvalue weighted by molar-refractivity contribution is 0.140. The van der Waals surface area contributed by atoms with Crippen LogP contribution in [-0.4, -0.2) is 40.5 Å². The van der Waals surface area contributed by atoms with Gasteiger partial charge in [-0.05, 0) is 26.7 Å². The van der Waals surface area contributed by atoms with Crippen LogP contribution in [0.2, 0.25) is 0 Å². The van der Waals surface area contributed by atoms with Crippen LogP contribution in [0.4, 0.5) is 0 Å². The quantitative estimate of drug-likeness (QED) is 0.570. The van der Waals surface area contributed by atoms with Gasteiger partial charge in [-0.2, -0.15) is 16.8 Å². The van der Waals surface area contributed by atoms with Crippen molar-refractivity contribution in [2.75, 3.05) is 11.5 Å². The molecule has 116 valence electrons. The molecule has 0 saturated carbocycles. The molecule has 0 rings (SSSR count). The third-order valence-corrected chi connectivity index (χ3v) is 5.25. The summed E-state index contributed by atoms with van der Waals surface area (Å²) in [5, 5.41) is 0. The number of hydrogen-bond donors (Lipinski definition) is 0. The average Bonchev–Trinajstić information content (AvgIpc) is 2.13. The van der Waals surface area contributed by atoms with Crippen molar-refractivity contribution in [2.45, 2.75) is 59.2 Å². The molecule has 0 aromatic heterocycles. The highest BCUT2D eigenvalue weighted by Gasteiger charge is 2.21. The van der Waals surface area contributed by atoms with Gasteiger partial charge in [-0.15, -0.1) is 0 Å². The van der Waals surface area contributed by atoms with E-state index in [9.17, 15) is 16.8 Å². The van der Waals surface area contributed by atoms with Crippen molar-refractivity contribution in [1.29, 1.82) is 0 Å². The van der Waals surface area contributed by atoms with Crippen LogP contribution >= 0.6 is 0 Å². The standard InChI is InChI=1S/C11H24O6S2/c1-5-7-18(12,13)16-10(3)9-11(4)17-19(14,15)8-6-2/h10-11H,5-9H2,1-4H3. The predicted octanol–water partition coefficient (Wildman–Crippen LogP) is 1.67. The SMILES string of the molecule is CCCS(=O)(=O)OC(C)CC(C)OS(=O)(=O)CCC. The summed E-state index contributed by atoms with van der Waals surface area (Å²) < 4.78 is 55.6. The van der Waals surface area contributed by atoms with E-state index in [-0.39, 0.29) is 17.9 Å². The molecule has 0 aliphatic rings. The van der Waals surface area contributed by atoms with Crippen molar-refractivity contribution in [3.05, 3.63) is 0 Å². The van der Waals surface area contributed by atoms with E-state index in [4.69, 9.17) is 8.37 Å². The van der Waals surface area contributed by atoms with Crippen LogP contribution < -0.4 is 0 Å². The van der Waals surface area contributed by atoms with E-state index in [2.05, 4.69) is 0 Å². The molecule has 2 atom stereocenters. The molecule has 6 nitrogen and oxygen atoms in total. The molecule has 0 aliphatic heterocycles. The molecule has 0 bridgehead atoms. The molecule has 0 aromatic rings. The summed E-state index contributed by atoms with van der Waals surface area (Å²) in [6, 6.07) is 0. The maximum atomic E-state index is 11.4. The lowest BCUT2D eigenvalue weighted by Gasteiger charge is -2.17. The smallest absolute Gasteiger partial charge is 0.267 e. The molecule has 0 amide bonds. The minimum atomic E-state index is -3.54. The zero-order valence-electron chi connectivity index (χ0n) is 12.0. The number of hydrogen-bond acceptors (Lipinski definition) is 6. The van der Waals surface area contributed by atoms with E-state index in [1.807, 2.05) is 0 Å². The Morgan fingerprint density at radius 2 is 1.11 bits per heavy atom. The van der Waals surface area contributed by atoms with Crippen molar-refractivity contribution in [3.63, 3.8) is 0 Å². The van der Waals surface area contributed by atoms with E-state index in [1.54, 1.807) is 27.7 Å². The van der Waals surface area contributed by atoms with Crippen LogP contribution in [0.3, 0.4) is 0 Å². The largest absolute Gasteiger partial charge is 0.267 e. The molecule has 0 heterocycles. The van der Waals surface area contributed by atoms with Gasteiger partial charge in [-0.1, -0.05) is 13.8 Å². The maximum absolute atomic E-state index is 11.4. The Morgan fingerprint density at radius 1 is 0.789 bits per heavy atom. The van der Waals surface area contributed by atoms with E-state index >= 15 is 0 Å². The van der Waals surface area contributed by atoms with Crippen molar-refractivity contribution >= 4 is 20.2 Å². The average molecular weight is 316 g/mol. The van der Waals surface area contributed by atoms with Crippen LogP contribution in [0.25, 0.3) is 0 Å². The van der Waals surface area contributed by atoms with Gasteiger partial charge in [-0.3, -0.25) is 8.37 Å². The summed E-state index contributed by atoms with van der Waals surface area (Å²) >= 11 is 0. The lowest BCUT2D eigenvalue weighted by Crippen LogP contribution is -2.25. The van der Waals surface area contributed by atoms with Crippen LogP contribution in [0.1, 0.15) is 47.0 Å². The zero-order chi connectivity index (χ0) is 15.1. The summed E-state index contributed by atoms with van der Waals surface area (Å²) in [6.07, 6.45) is -0.0594. The van der Waals surface area contributed by atoms with Crippen LogP contribution in [0.5, 0.6) is 0 Å². The summed E-state index contributed by atoms with van der Waals surface area (Å²) in [4.78, 5) is 0. The van der Waals surface area contributed by atoms with E-state index in [0.717, 1.165) is 0 Å². The minimum absolute atomic E-state index is 0.0410. The van der Waals surface area contributed by atoms with Gasteiger partial charge in [0.15, 0.2) is 0 Å². The molecular weight excluding hydrogens is 292 g/mol. The van der Waals surface area contributed by atoms with Gasteiger partial charge < -0.3 is 0 Å². The first-order chi connectivity index (χ1) is 8.62. The predicted molar refractivity (Wildman–Crippen MR) is 73.9 cm³/mol. The Hall–Kier alpha value is -0.180. The minimum Gasteiger partial charge on any atom is -0.267 e. The van der Waals surface area contributed by atoms with E-state index < -0.39 is 32.4 Å². The molecule has 0 radical (unpaired) electrons. The van der Waals surface area contributed by atoms with Gasteiger partial charge in [0.25, 0.3) is 20.2 Å². The second-order valence-electron chi connectivity index (χ2n) is 4.57. The highest BCUT2D eigenvalue weighted by Crippen LogP contribution is 2.12. The monoisotopic (exact) mass is 316 g/mol. The summed E-state index contributed by atoms with van der Waals surface area (Å²) in [5.41, 5.74) is 0. The van der Waals surface area contributed by atoms with Crippen molar-refractivity contribution in [3.8, 4) is 0 Å². The molecular formula is C11H24O6S2. The van der Waals surface area contributed by atoms with Gasteiger partial charge in [-0.25, -0.2) is 0 Å². The van der Waals surface area contributed by atoms with Crippen LogP contribution in [0.15, 0.2) is 0 Å². The first kappa shape index (κ1) is 18.8. The van der Waals surface area contributed by atoms with Gasteiger partial charge >= 0.3 is 0 Å². The molecule has 2 unspecified atom stereocenters. The molecule has 0 spiro atoms. The third kappa shape index (κ3) is 9.37. The van der Waals surface area contributed by atoms with Gasteiger partial charge in [0.05, 0.1) is 23.7 Å². The van der Waals surface area contributed by atoms with Crippen LogP contribution in [-0.2, 0) is 28.6 Å². The fourth-order valence-electron chi connectivity index (χ4n) is 1.64. The Bertz CT molecular complexity index is 398. The van der Waals surface area contributed by atoms with Gasteiger partial charge in [0.1, 0.15) is 0 Å². The molecule has 19 heavy (non-hydrogen) atoms. The van der Waals surface area contributed by atoms with Gasteiger partial charge in [0.2, 0.25) is 0 Å². The Labute approximate surface area is 116 Å². The fourth-order valence-corrected chi connectivity index (χ4v) is 3.99. The summed E-state index contributed by atoms with van der Waals surface area (Å²) in [5.74, 6) is -0.0819.